The lowest BCUT2D eigenvalue weighted by atomic mass is 9.99. The van der Waals surface area contributed by atoms with Gasteiger partial charge in [0.15, 0.2) is 0 Å². The summed E-state index contributed by atoms with van der Waals surface area (Å²) >= 11 is 1.47. The number of thiophene rings is 1. The zero-order chi connectivity index (χ0) is 14.6. The molecule has 0 radical (unpaired) electrons. The standard InChI is InChI=1S/C13H23N3O2S2/c1-14-8-12-6-13(10-19-12)20(17,18)15-7-11-4-3-5-16(2)9-11/h6,10-11,14-15H,3-5,7-9H2,1-2H3. The van der Waals surface area contributed by atoms with Crippen LogP contribution in [0.4, 0.5) is 0 Å². The van der Waals surface area contributed by atoms with E-state index in [1.807, 2.05) is 7.05 Å². The quantitative estimate of drug-likeness (QED) is 0.824. The van der Waals surface area contributed by atoms with Crippen LogP contribution in [0, 0.1) is 5.92 Å². The SMILES string of the molecule is CNCc1cc(S(=O)(=O)NCC2CCCN(C)C2)cs1. The van der Waals surface area contributed by atoms with E-state index in [4.69, 9.17) is 0 Å². The molecule has 0 saturated carbocycles. The van der Waals surface area contributed by atoms with Crippen molar-refractivity contribution in [3.63, 3.8) is 0 Å². The smallest absolute Gasteiger partial charge is 0.241 e. The molecule has 7 heteroatoms. The maximum absolute atomic E-state index is 12.2. The summed E-state index contributed by atoms with van der Waals surface area (Å²) in [4.78, 5) is 3.68. The number of nitrogens with zero attached hydrogens (tertiary/aromatic N) is 1. The van der Waals surface area contributed by atoms with E-state index in [1.54, 1.807) is 11.4 Å². The summed E-state index contributed by atoms with van der Waals surface area (Å²) in [6.45, 7) is 3.32. The Balaban J connectivity index is 1.92. The van der Waals surface area contributed by atoms with Gasteiger partial charge in [-0.1, -0.05) is 0 Å². The Morgan fingerprint density at radius 3 is 3.00 bits per heavy atom. The minimum atomic E-state index is -3.36. The van der Waals surface area contributed by atoms with Crippen molar-refractivity contribution in [1.29, 1.82) is 0 Å². The lowest BCUT2D eigenvalue weighted by Crippen LogP contribution is -2.39. The number of likely N-dealkylation sites (tertiary alicyclic amines) is 1. The molecule has 2 N–H and O–H groups in total. The van der Waals surface area contributed by atoms with Gasteiger partial charge in [0.05, 0.1) is 4.90 Å². The molecule has 114 valence electrons. The fourth-order valence-electron chi connectivity index (χ4n) is 2.52. The second-order valence-electron chi connectivity index (χ2n) is 5.40. The van der Waals surface area contributed by atoms with Crippen LogP contribution in [0.3, 0.4) is 0 Å². The molecule has 0 aromatic carbocycles. The summed E-state index contributed by atoms with van der Waals surface area (Å²) in [6.07, 6.45) is 2.25. The average molecular weight is 317 g/mol. The zero-order valence-corrected chi connectivity index (χ0v) is 13.7. The van der Waals surface area contributed by atoms with E-state index in [9.17, 15) is 8.42 Å². The maximum atomic E-state index is 12.2. The zero-order valence-electron chi connectivity index (χ0n) is 12.1. The van der Waals surface area contributed by atoms with E-state index in [0.29, 0.717) is 23.9 Å². The minimum absolute atomic E-state index is 0.386. The van der Waals surface area contributed by atoms with Gasteiger partial charge in [0.25, 0.3) is 0 Å². The van der Waals surface area contributed by atoms with Crippen LogP contribution in [0.15, 0.2) is 16.3 Å². The average Bonchev–Trinajstić information content (AvgIpc) is 2.87. The van der Waals surface area contributed by atoms with Crippen LogP contribution in [-0.2, 0) is 16.6 Å². The number of piperidine rings is 1. The molecule has 1 saturated heterocycles. The first kappa shape index (κ1) is 15.9. The molecule has 1 aliphatic rings. The monoisotopic (exact) mass is 317 g/mol. The van der Waals surface area contributed by atoms with E-state index >= 15 is 0 Å². The summed E-state index contributed by atoms with van der Waals surface area (Å²) in [6, 6.07) is 1.75. The van der Waals surface area contributed by atoms with E-state index in [1.165, 1.54) is 11.3 Å². The van der Waals surface area contributed by atoms with Crippen molar-refractivity contribution in [3.05, 3.63) is 16.3 Å². The highest BCUT2D eigenvalue weighted by atomic mass is 32.2. The van der Waals surface area contributed by atoms with Gasteiger partial charge in [0.1, 0.15) is 0 Å². The Hall–Kier alpha value is -0.470. The van der Waals surface area contributed by atoms with Gasteiger partial charge in [0.2, 0.25) is 10.0 Å². The molecule has 0 aliphatic carbocycles. The highest BCUT2D eigenvalue weighted by Crippen LogP contribution is 2.20. The van der Waals surface area contributed by atoms with Gasteiger partial charge >= 0.3 is 0 Å². The minimum Gasteiger partial charge on any atom is -0.315 e. The Bertz CT molecular complexity index is 527. The molecule has 1 aromatic rings. The Morgan fingerprint density at radius 1 is 1.50 bits per heavy atom. The van der Waals surface area contributed by atoms with Crippen LogP contribution in [0.2, 0.25) is 0 Å². The topological polar surface area (TPSA) is 61.4 Å². The summed E-state index contributed by atoms with van der Waals surface area (Å²) in [5.74, 6) is 0.416. The molecule has 1 aliphatic heterocycles. The van der Waals surface area contributed by atoms with Crippen LogP contribution < -0.4 is 10.0 Å². The maximum Gasteiger partial charge on any atom is 0.241 e. The first-order valence-corrected chi connectivity index (χ1v) is 9.28. The van der Waals surface area contributed by atoms with Gasteiger partial charge in [-0.05, 0) is 45.5 Å². The van der Waals surface area contributed by atoms with Crippen molar-refractivity contribution in [1.82, 2.24) is 14.9 Å². The molecule has 1 aromatic heterocycles. The Labute approximate surface area is 125 Å². The molecule has 0 bridgehead atoms. The number of rotatable bonds is 6. The molecular weight excluding hydrogens is 294 g/mol. The van der Waals surface area contributed by atoms with E-state index in [-0.39, 0.29) is 0 Å². The molecule has 1 atom stereocenters. The summed E-state index contributed by atoms with van der Waals surface area (Å²) in [5.41, 5.74) is 0. The Morgan fingerprint density at radius 2 is 2.30 bits per heavy atom. The summed E-state index contributed by atoms with van der Waals surface area (Å²) in [5, 5.41) is 4.74. The molecule has 0 amide bonds. The second kappa shape index (κ2) is 7.00. The number of nitrogens with one attached hydrogen (secondary N) is 2. The van der Waals surface area contributed by atoms with Crippen LogP contribution in [0.5, 0.6) is 0 Å². The Kier molecular flexibility index (Phi) is 5.57. The third-order valence-electron chi connectivity index (χ3n) is 3.58. The van der Waals surface area contributed by atoms with Crippen molar-refractivity contribution in [2.24, 2.45) is 5.92 Å². The lowest BCUT2D eigenvalue weighted by molar-refractivity contribution is 0.211. The highest BCUT2D eigenvalue weighted by Gasteiger charge is 2.21. The van der Waals surface area contributed by atoms with Gasteiger partial charge < -0.3 is 10.2 Å². The van der Waals surface area contributed by atoms with Crippen molar-refractivity contribution >= 4 is 21.4 Å². The third-order valence-corrected chi connectivity index (χ3v) is 6.06. The van der Waals surface area contributed by atoms with Crippen LogP contribution in [-0.4, -0.2) is 47.0 Å². The van der Waals surface area contributed by atoms with Crippen molar-refractivity contribution < 1.29 is 8.42 Å². The van der Waals surface area contributed by atoms with E-state index < -0.39 is 10.0 Å². The largest absolute Gasteiger partial charge is 0.315 e. The van der Waals surface area contributed by atoms with Crippen LogP contribution >= 0.6 is 11.3 Å². The van der Waals surface area contributed by atoms with Gasteiger partial charge in [-0.2, -0.15) is 0 Å². The van der Waals surface area contributed by atoms with Gasteiger partial charge in [0, 0.05) is 29.9 Å². The van der Waals surface area contributed by atoms with Crippen molar-refractivity contribution in [3.8, 4) is 0 Å². The number of hydrogen-bond acceptors (Lipinski definition) is 5. The molecule has 1 unspecified atom stereocenters. The van der Waals surface area contributed by atoms with Crippen molar-refractivity contribution in [2.75, 3.05) is 33.7 Å². The predicted molar refractivity (Wildman–Crippen MR) is 82.5 cm³/mol. The molecular formula is C13H23N3O2S2. The molecule has 0 spiro atoms. The highest BCUT2D eigenvalue weighted by molar-refractivity contribution is 7.89. The third kappa shape index (κ3) is 4.26. The summed E-state index contributed by atoms with van der Waals surface area (Å²) in [7, 11) is 0.579. The predicted octanol–water partition coefficient (Wildman–Crippen LogP) is 1.09. The van der Waals surface area contributed by atoms with Gasteiger partial charge in [-0.15, -0.1) is 11.3 Å². The summed E-state index contributed by atoms with van der Waals surface area (Å²) < 4.78 is 27.2. The van der Waals surface area contributed by atoms with E-state index in [0.717, 1.165) is 30.8 Å². The molecule has 20 heavy (non-hydrogen) atoms. The van der Waals surface area contributed by atoms with Crippen molar-refractivity contribution in [2.45, 2.75) is 24.3 Å². The molecule has 2 rings (SSSR count). The first-order valence-electron chi connectivity index (χ1n) is 6.91. The fraction of sp³-hybridized carbons (Fsp3) is 0.692. The van der Waals surface area contributed by atoms with Crippen LogP contribution in [0.25, 0.3) is 0 Å². The molecule has 1 fully saturated rings. The lowest BCUT2D eigenvalue weighted by Gasteiger charge is -2.29. The van der Waals surface area contributed by atoms with Crippen LogP contribution in [0.1, 0.15) is 17.7 Å². The van der Waals surface area contributed by atoms with Gasteiger partial charge in [-0.25, -0.2) is 13.1 Å². The fourth-order valence-corrected chi connectivity index (χ4v) is 4.92. The number of sulfonamides is 1. The molecule has 5 nitrogen and oxygen atoms in total. The van der Waals surface area contributed by atoms with Gasteiger partial charge in [-0.3, -0.25) is 0 Å². The first-order chi connectivity index (χ1) is 9.51. The molecule has 2 heterocycles. The van der Waals surface area contributed by atoms with E-state index in [2.05, 4.69) is 22.0 Å². The second-order valence-corrected chi connectivity index (χ2v) is 8.16. The normalized spacial score (nSPS) is 21.2. The number of hydrogen-bond donors (Lipinski definition) is 2.